The minimum atomic E-state index is -0.144. The van der Waals surface area contributed by atoms with Crippen LogP contribution in [0.3, 0.4) is 0 Å². The average Bonchev–Trinajstić information content (AvgIpc) is 2.18. The van der Waals surface area contributed by atoms with Crippen molar-refractivity contribution >= 4 is 17.7 Å². The van der Waals surface area contributed by atoms with Crippen molar-refractivity contribution in [2.24, 2.45) is 5.92 Å². The summed E-state index contributed by atoms with van der Waals surface area (Å²) in [5.41, 5.74) is 2.14. The van der Waals surface area contributed by atoms with E-state index >= 15 is 0 Å². The van der Waals surface area contributed by atoms with Crippen molar-refractivity contribution < 1.29 is 9.53 Å². The molecule has 16 heavy (non-hydrogen) atoms. The first kappa shape index (κ1) is 13.1. The summed E-state index contributed by atoms with van der Waals surface area (Å²) in [7, 11) is 1.63. The van der Waals surface area contributed by atoms with Gasteiger partial charge in [0.1, 0.15) is 5.75 Å². The van der Waals surface area contributed by atoms with Crippen molar-refractivity contribution in [3.8, 4) is 5.75 Å². The van der Waals surface area contributed by atoms with Gasteiger partial charge in [-0.3, -0.25) is 4.79 Å². The topological polar surface area (TPSA) is 26.3 Å². The highest BCUT2D eigenvalue weighted by molar-refractivity contribution is 7.96. The van der Waals surface area contributed by atoms with Crippen LogP contribution in [0.1, 0.15) is 25.0 Å². The highest BCUT2D eigenvalue weighted by Gasteiger charge is 2.08. The molecule has 0 saturated heterocycles. The van der Waals surface area contributed by atoms with Crippen molar-refractivity contribution in [2.75, 3.05) is 7.11 Å². The molecule has 1 aromatic rings. The van der Waals surface area contributed by atoms with E-state index < -0.39 is 0 Å². The molecule has 0 N–H and O–H groups in total. The zero-order valence-corrected chi connectivity index (χ0v) is 10.9. The second-order valence-electron chi connectivity index (χ2n) is 4.31. The molecule has 0 unspecified atom stereocenters. The van der Waals surface area contributed by atoms with Crippen LogP contribution in [0.25, 0.3) is 0 Å². The van der Waals surface area contributed by atoms with Gasteiger partial charge in [-0.05, 0) is 24.0 Å². The van der Waals surface area contributed by atoms with Gasteiger partial charge in [-0.1, -0.05) is 26.0 Å². The maximum atomic E-state index is 11.0. The predicted molar refractivity (Wildman–Crippen MR) is 69.2 cm³/mol. The fourth-order valence-electron chi connectivity index (χ4n) is 1.70. The van der Waals surface area contributed by atoms with E-state index in [-0.39, 0.29) is 5.12 Å². The number of hydrogen-bond acceptors (Lipinski definition) is 2. The first-order valence-electron chi connectivity index (χ1n) is 5.40. The summed E-state index contributed by atoms with van der Waals surface area (Å²) in [5.74, 6) is 1.39. The lowest BCUT2D eigenvalue weighted by molar-refractivity contribution is -0.110. The molecule has 0 amide bonds. The molecule has 0 radical (unpaired) electrons. The Morgan fingerprint density at radius 1 is 1.44 bits per heavy atom. The summed E-state index contributed by atoms with van der Waals surface area (Å²) in [6.07, 6.45) is 1.33. The Morgan fingerprint density at radius 2 is 2.12 bits per heavy atom. The zero-order valence-electron chi connectivity index (χ0n) is 9.99. The van der Waals surface area contributed by atoms with Crippen LogP contribution < -0.4 is 4.74 Å². The molecule has 0 aliphatic heterocycles. The van der Waals surface area contributed by atoms with Crippen molar-refractivity contribution in [1.29, 1.82) is 0 Å². The Kier molecular flexibility index (Phi) is 4.87. The van der Waals surface area contributed by atoms with Crippen LogP contribution in [0.5, 0.6) is 5.75 Å². The summed E-state index contributed by atoms with van der Waals surface area (Å²) >= 11 is 3.78. The van der Waals surface area contributed by atoms with Crippen LogP contribution in [0, 0.1) is 5.92 Å². The van der Waals surface area contributed by atoms with Gasteiger partial charge in [0.2, 0.25) is 0 Å². The minimum Gasteiger partial charge on any atom is -0.496 e. The lowest BCUT2D eigenvalue weighted by Gasteiger charge is -2.10. The second kappa shape index (κ2) is 5.94. The van der Waals surface area contributed by atoms with E-state index in [0.29, 0.717) is 12.3 Å². The summed E-state index contributed by atoms with van der Waals surface area (Å²) in [4.78, 5) is 11.0. The van der Waals surface area contributed by atoms with Crippen LogP contribution in [0.2, 0.25) is 0 Å². The van der Waals surface area contributed by atoms with E-state index in [9.17, 15) is 4.79 Å². The standard InChI is InChI=1S/C13H18O2S/c1-9(2)6-10-4-5-11(8-13(14)16)12(7-10)15-3/h4-5,7,9H,6,8H2,1-3H3,(H,14,16). The maximum Gasteiger partial charge on any atom is 0.190 e. The number of benzene rings is 1. The first-order valence-corrected chi connectivity index (χ1v) is 5.85. The zero-order chi connectivity index (χ0) is 12.1. The summed E-state index contributed by atoms with van der Waals surface area (Å²) in [5, 5.41) is -0.144. The highest BCUT2D eigenvalue weighted by Crippen LogP contribution is 2.22. The molecule has 0 spiro atoms. The molecule has 2 nitrogen and oxygen atoms in total. The van der Waals surface area contributed by atoms with Crippen LogP contribution in [0.15, 0.2) is 18.2 Å². The van der Waals surface area contributed by atoms with E-state index in [1.807, 2.05) is 12.1 Å². The third-order valence-electron chi connectivity index (χ3n) is 2.34. The number of rotatable bonds is 5. The Morgan fingerprint density at radius 3 is 2.62 bits per heavy atom. The number of methoxy groups -OCH3 is 1. The van der Waals surface area contributed by atoms with Crippen LogP contribution in [-0.2, 0) is 17.6 Å². The molecule has 1 aromatic carbocycles. The Labute approximate surface area is 102 Å². The van der Waals surface area contributed by atoms with Crippen molar-refractivity contribution in [3.63, 3.8) is 0 Å². The molecule has 0 aromatic heterocycles. The fraction of sp³-hybridized carbons (Fsp3) is 0.462. The van der Waals surface area contributed by atoms with Crippen LogP contribution in [0.4, 0.5) is 0 Å². The van der Waals surface area contributed by atoms with Gasteiger partial charge in [-0.15, -0.1) is 12.6 Å². The molecular formula is C13H18O2S. The van der Waals surface area contributed by atoms with Gasteiger partial charge in [-0.2, -0.15) is 0 Å². The van der Waals surface area contributed by atoms with Crippen LogP contribution in [-0.4, -0.2) is 12.2 Å². The Hall–Kier alpha value is -0.960. The summed E-state index contributed by atoms with van der Waals surface area (Å²) in [6, 6.07) is 6.01. The van der Waals surface area contributed by atoms with E-state index in [4.69, 9.17) is 4.74 Å². The van der Waals surface area contributed by atoms with Gasteiger partial charge in [0.25, 0.3) is 0 Å². The first-order chi connectivity index (χ1) is 7.52. The molecule has 1 rings (SSSR count). The molecule has 0 heterocycles. The normalized spacial score (nSPS) is 10.6. The van der Waals surface area contributed by atoms with Gasteiger partial charge >= 0.3 is 0 Å². The number of carbonyl (C=O) groups excluding carboxylic acids is 1. The Bertz CT molecular complexity index is 372. The van der Waals surface area contributed by atoms with E-state index in [1.165, 1.54) is 5.56 Å². The number of carbonyl (C=O) groups is 1. The molecule has 88 valence electrons. The Balaban J connectivity index is 2.92. The fourth-order valence-corrected chi connectivity index (χ4v) is 1.87. The monoisotopic (exact) mass is 238 g/mol. The average molecular weight is 238 g/mol. The SMILES string of the molecule is COc1cc(CC(C)C)ccc1CC(=O)S. The van der Waals surface area contributed by atoms with Gasteiger partial charge in [0.15, 0.2) is 5.12 Å². The smallest absolute Gasteiger partial charge is 0.190 e. The lowest BCUT2D eigenvalue weighted by atomic mass is 10.0. The largest absolute Gasteiger partial charge is 0.496 e. The number of hydrogen-bond donors (Lipinski definition) is 1. The maximum absolute atomic E-state index is 11.0. The van der Waals surface area contributed by atoms with Crippen molar-refractivity contribution in [1.82, 2.24) is 0 Å². The van der Waals surface area contributed by atoms with Crippen molar-refractivity contribution in [2.45, 2.75) is 26.7 Å². The minimum absolute atomic E-state index is 0.144. The van der Waals surface area contributed by atoms with Gasteiger partial charge < -0.3 is 4.74 Å². The third-order valence-corrected chi connectivity index (χ3v) is 2.50. The van der Waals surface area contributed by atoms with Crippen molar-refractivity contribution in [3.05, 3.63) is 29.3 Å². The van der Waals surface area contributed by atoms with E-state index in [0.717, 1.165) is 17.7 Å². The molecule has 0 fully saturated rings. The molecular weight excluding hydrogens is 220 g/mol. The second-order valence-corrected chi connectivity index (χ2v) is 4.81. The molecule has 3 heteroatoms. The summed E-state index contributed by atoms with van der Waals surface area (Å²) < 4.78 is 5.28. The van der Waals surface area contributed by atoms with E-state index in [1.54, 1.807) is 7.11 Å². The van der Waals surface area contributed by atoms with Gasteiger partial charge in [0.05, 0.1) is 7.11 Å². The van der Waals surface area contributed by atoms with Crippen LogP contribution >= 0.6 is 12.6 Å². The lowest BCUT2D eigenvalue weighted by Crippen LogP contribution is -2.00. The number of thiol groups is 1. The molecule has 0 saturated carbocycles. The highest BCUT2D eigenvalue weighted by atomic mass is 32.1. The van der Waals surface area contributed by atoms with Gasteiger partial charge in [-0.25, -0.2) is 0 Å². The quantitative estimate of drug-likeness (QED) is 0.798. The molecule has 0 bridgehead atoms. The van der Waals surface area contributed by atoms with E-state index in [2.05, 4.69) is 32.5 Å². The number of ether oxygens (including phenoxy) is 1. The molecule has 0 aliphatic carbocycles. The predicted octanol–water partition coefficient (Wildman–Crippen LogP) is 2.89. The molecule has 0 atom stereocenters. The summed E-state index contributed by atoms with van der Waals surface area (Å²) in [6.45, 7) is 4.36. The third kappa shape index (κ3) is 3.89. The molecule has 0 aliphatic rings. The van der Waals surface area contributed by atoms with Gasteiger partial charge in [0, 0.05) is 12.0 Å².